The molecule has 0 fully saturated rings. The van der Waals surface area contributed by atoms with Gasteiger partial charge in [0.25, 0.3) is 11.6 Å². The van der Waals surface area contributed by atoms with Gasteiger partial charge in [0.2, 0.25) is 15.9 Å². The van der Waals surface area contributed by atoms with Gasteiger partial charge in [-0.3, -0.25) is 19.7 Å². The van der Waals surface area contributed by atoms with E-state index < -0.39 is 14.9 Å². The van der Waals surface area contributed by atoms with Gasteiger partial charge in [-0.05, 0) is 23.8 Å². The SMILES string of the molecule is CC(=O)NCc1ccc(C(=O)NCCNS(=O)(=O)c2cccc([N+](=O)[O-])c2)cc1. The van der Waals surface area contributed by atoms with Gasteiger partial charge in [0.05, 0.1) is 9.82 Å². The van der Waals surface area contributed by atoms with Crippen LogP contribution < -0.4 is 15.4 Å². The Kier molecular flexibility index (Phi) is 7.39. The minimum Gasteiger partial charge on any atom is -0.352 e. The third-order valence-electron chi connectivity index (χ3n) is 3.80. The number of nitro groups is 1. The summed E-state index contributed by atoms with van der Waals surface area (Å²) in [5.41, 5.74) is 0.891. The lowest BCUT2D eigenvalue weighted by molar-refractivity contribution is -0.385. The minimum atomic E-state index is -3.94. The van der Waals surface area contributed by atoms with Gasteiger partial charge in [-0.15, -0.1) is 0 Å². The molecule has 0 radical (unpaired) electrons. The number of nitro benzene ring substituents is 1. The molecular formula is C18H20N4O6S. The van der Waals surface area contributed by atoms with E-state index in [1.165, 1.54) is 25.1 Å². The predicted molar refractivity (Wildman–Crippen MR) is 105 cm³/mol. The van der Waals surface area contributed by atoms with E-state index in [-0.39, 0.29) is 35.5 Å². The van der Waals surface area contributed by atoms with E-state index in [2.05, 4.69) is 15.4 Å². The summed E-state index contributed by atoms with van der Waals surface area (Å²) in [6.07, 6.45) is 0. The first-order valence-corrected chi connectivity index (χ1v) is 10.0. The van der Waals surface area contributed by atoms with Crippen molar-refractivity contribution < 1.29 is 22.9 Å². The number of hydrogen-bond acceptors (Lipinski definition) is 6. The molecule has 2 aromatic carbocycles. The fraction of sp³-hybridized carbons (Fsp3) is 0.222. The second kappa shape index (κ2) is 9.75. The van der Waals surface area contributed by atoms with E-state index in [0.29, 0.717) is 12.1 Å². The number of benzene rings is 2. The summed E-state index contributed by atoms with van der Waals surface area (Å²) in [5, 5.41) is 16.0. The lowest BCUT2D eigenvalue weighted by Crippen LogP contribution is -2.34. The molecule has 3 N–H and O–H groups in total. The maximum Gasteiger partial charge on any atom is 0.270 e. The highest BCUT2D eigenvalue weighted by Crippen LogP contribution is 2.16. The van der Waals surface area contributed by atoms with E-state index in [4.69, 9.17) is 0 Å². The summed E-state index contributed by atoms with van der Waals surface area (Å²) in [7, 11) is -3.94. The van der Waals surface area contributed by atoms with Crippen molar-refractivity contribution in [3.63, 3.8) is 0 Å². The van der Waals surface area contributed by atoms with Crippen molar-refractivity contribution in [2.45, 2.75) is 18.4 Å². The number of rotatable bonds is 9. The molecular weight excluding hydrogens is 400 g/mol. The Morgan fingerprint density at radius 3 is 2.34 bits per heavy atom. The van der Waals surface area contributed by atoms with E-state index in [0.717, 1.165) is 11.6 Å². The first kappa shape index (κ1) is 22.0. The fourth-order valence-corrected chi connectivity index (χ4v) is 3.38. The van der Waals surface area contributed by atoms with Crippen LogP contribution in [0.5, 0.6) is 0 Å². The van der Waals surface area contributed by atoms with Crippen LogP contribution in [0.1, 0.15) is 22.8 Å². The molecule has 0 saturated heterocycles. The van der Waals surface area contributed by atoms with Gasteiger partial charge >= 0.3 is 0 Å². The summed E-state index contributed by atoms with van der Waals surface area (Å²) in [5.74, 6) is -0.537. The molecule has 29 heavy (non-hydrogen) atoms. The van der Waals surface area contributed by atoms with Crippen LogP contribution >= 0.6 is 0 Å². The number of amides is 2. The van der Waals surface area contributed by atoms with Crippen LogP contribution in [0, 0.1) is 10.1 Å². The Labute approximate surface area is 167 Å². The summed E-state index contributed by atoms with van der Waals surface area (Å²) in [4.78, 5) is 32.8. The summed E-state index contributed by atoms with van der Waals surface area (Å²) in [6.45, 7) is 1.71. The van der Waals surface area contributed by atoms with Crippen molar-refractivity contribution >= 4 is 27.5 Å². The molecule has 0 spiro atoms. The molecule has 0 bridgehead atoms. The highest BCUT2D eigenvalue weighted by atomic mass is 32.2. The lowest BCUT2D eigenvalue weighted by Gasteiger charge is -2.09. The number of hydrogen-bond donors (Lipinski definition) is 3. The second-order valence-electron chi connectivity index (χ2n) is 6.01. The monoisotopic (exact) mass is 420 g/mol. The zero-order chi connectivity index (χ0) is 21.4. The molecule has 2 aromatic rings. The molecule has 10 nitrogen and oxygen atoms in total. The van der Waals surface area contributed by atoms with Crippen molar-refractivity contribution in [1.82, 2.24) is 15.4 Å². The average molecular weight is 420 g/mol. The zero-order valence-corrected chi connectivity index (χ0v) is 16.4. The van der Waals surface area contributed by atoms with Crippen LogP contribution in [0.4, 0.5) is 5.69 Å². The first-order chi connectivity index (χ1) is 13.7. The highest BCUT2D eigenvalue weighted by molar-refractivity contribution is 7.89. The summed E-state index contributed by atoms with van der Waals surface area (Å²) in [6, 6.07) is 11.3. The Morgan fingerprint density at radius 2 is 1.72 bits per heavy atom. The van der Waals surface area contributed by atoms with Crippen molar-refractivity contribution in [3.8, 4) is 0 Å². The molecule has 0 saturated carbocycles. The van der Waals surface area contributed by atoms with Gasteiger partial charge in [-0.25, -0.2) is 13.1 Å². The van der Waals surface area contributed by atoms with E-state index in [1.807, 2.05) is 0 Å². The summed E-state index contributed by atoms with van der Waals surface area (Å²) >= 11 is 0. The van der Waals surface area contributed by atoms with E-state index >= 15 is 0 Å². The zero-order valence-electron chi connectivity index (χ0n) is 15.5. The number of carbonyl (C=O) groups is 2. The topological polar surface area (TPSA) is 148 Å². The smallest absolute Gasteiger partial charge is 0.270 e. The van der Waals surface area contributed by atoms with Gasteiger partial charge in [0.1, 0.15) is 0 Å². The van der Waals surface area contributed by atoms with Crippen molar-refractivity contribution in [3.05, 3.63) is 69.8 Å². The van der Waals surface area contributed by atoms with Crippen molar-refractivity contribution in [2.24, 2.45) is 0 Å². The maximum atomic E-state index is 12.2. The second-order valence-corrected chi connectivity index (χ2v) is 7.78. The number of sulfonamides is 1. The van der Waals surface area contributed by atoms with E-state index in [1.54, 1.807) is 24.3 Å². The molecule has 0 aromatic heterocycles. The van der Waals surface area contributed by atoms with Crippen LogP contribution in [0.2, 0.25) is 0 Å². The average Bonchev–Trinajstić information content (AvgIpc) is 2.70. The molecule has 11 heteroatoms. The fourth-order valence-electron chi connectivity index (χ4n) is 2.31. The molecule has 0 atom stereocenters. The molecule has 0 aliphatic rings. The van der Waals surface area contributed by atoms with Gasteiger partial charge in [0.15, 0.2) is 0 Å². The number of nitrogens with one attached hydrogen (secondary N) is 3. The van der Waals surface area contributed by atoms with Crippen LogP contribution in [-0.2, 0) is 21.4 Å². The molecule has 0 aliphatic heterocycles. The van der Waals surface area contributed by atoms with Gasteiger partial charge in [-0.1, -0.05) is 18.2 Å². The Balaban J connectivity index is 1.85. The van der Waals surface area contributed by atoms with Crippen molar-refractivity contribution in [2.75, 3.05) is 13.1 Å². The first-order valence-electron chi connectivity index (χ1n) is 8.55. The minimum absolute atomic E-state index is 0.0284. The standard InChI is InChI=1S/C18H20N4O6S/c1-13(23)20-12-14-5-7-15(8-6-14)18(24)19-9-10-21-29(27,28)17-4-2-3-16(11-17)22(25)26/h2-8,11,21H,9-10,12H2,1H3,(H,19,24)(H,20,23). The van der Waals surface area contributed by atoms with Crippen LogP contribution in [-0.4, -0.2) is 38.2 Å². The normalized spacial score (nSPS) is 10.9. The quantitative estimate of drug-likeness (QED) is 0.312. The van der Waals surface area contributed by atoms with Gasteiger partial charge in [0, 0.05) is 44.3 Å². The predicted octanol–water partition coefficient (Wildman–Crippen LogP) is 0.939. The maximum absolute atomic E-state index is 12.2. The lowest BCUT2D eigenvalue weighted by atomic mass is 10.1. The highest BCUT2D eigenvalue weighted by Gasteiger charge is 2.17. The van der Waals surface area contributed by atoms with Crippen LogP contribution in [0.3, 0.4) is 0 Å². The molecule has 0 aliphatic carbocycles. The molecule has 0 heterocycles. The number of carbonyl (C=O) groups excluding carboxylic acids is 2. The molecule has 0 unspecified atom stereocenters. The van der Waals surface area contributed by atoms with Crippen LogP contribution in [0.15, 0.2) is 53.4 Å². The summed E-state index contributed by atoms with van der Waals surface area (Å²) < 4.78 is 26.7. The third kappa shape index (κ3) is 6.66. The number of nitrogens with zero attached hydrogens (tertiary/aromatic N) is 1. The van der Waals surface area contributed by atoms with E-state index in [9.17, 15) is 28.1 Å². The number of non-ortho nitro benzene ring substituents is 1. The molecule has 154 valence electrons. The van der Waals surface area contributed by atoms with Crippen LogP contribution in [0.25, 0.3) is 0 Å². The third-order valence-corrected chi connectivity index (χ3v) is 5.26. The van der Waals surface area contributed by atoms with Gasteiger partial charge < -0.3 is 10.6 Å². The van der Waals surface area contributed by atoms with Gasteiger partial charge in [-0.2, -0.15) is 0 Å². The Morgan fingerprint density at radius 1 is 1.03 bits per heavy atom. The Hall–Kier alpha value is -3.31. The van der Waals surface area contributed by atoms with Crippen molar-refractivity contribution in [1.29, 1.82) is 0 Å². The Bertz CT molecular complexity index is 1010. The molecule has 2 amide bonds. The largest absolute Gasteiger partial charge is 0.352 e. The molecule has 2 rings (SSSR count).